The van der Waals surface area contributed by atoms with Gasteiger partial charge in [-0.1, -0.05) is 38.8 Å². The molecule has 0 radical (unpaired) electrons. The number of nitrogens with one attached hydrogen (secondary N) is 1. The molecule has 39 heavy (non-hydrogen) atoms. The molecule has 0 aromatic carbocycles. The number of piperazine rings is 1. The molecule has 3 atom stereocenters. The van der Waals surface area contributed by atoms with Gasteiger partial charge in [0.1, 0.15) is 12.1 Å². The summed E-state index contributed by atoms with van der Waals surface area (Å²) in [5.41, 5.74) is 0.457. The first-order valence-electron chi connectivity index (χ1n) is 14.8. The van der Waals surface area contributed by atoms with E-state index in [1.807, 2.05) is 31.9 Å². The number of amides is 3. The lowest BCUT2D eigenvalue weighted by atomic mass is 9.85. The van der Waals surface area contributed by atoms with E-state index in [-0.39, 0.29) is 30.7 Å². The third kappa shape index (κ3) is 6.45. The summed E-state index contributed by atoms with van der Waals surface area (Å²) in [4.78, 5) is 45.6. The van der Waals surface area contributed by atoms with Gasteiger partial charge >= 0.3 is 0 Å². The zero-order valence-electron chi connectivity index (χ0n) is 23.7. The van der Waals surface area contributed by atoms with Crippen LogP contribution in [-0.4, -0.2) is 110 Å². The highest BCUT2D eigenvalue weighted by atomic mass is 16.3. The Morgan fingerprint density at radius 1 is 1.08 bits per heavy atom. The van der Waals surface area contributed by atoms with Gasteiger partial charge < -0.3 is 20.2 Å². The second kappa shape index (κ2) is 11.5. The zero-order chi connectivity index (χ0) is 27.7. The second-order valence-corrected chi connectivity index (χ2v) is 13.0. The van der Waals surface area contributed by atoms with Crippen LogP contribution in [0.15, 0.2) is 6.20 Å². The van der Waals surface area contributed by atoms with Gasteiger partial charge in [-0.15, -0.1) is 5.10 Å². The lowest BCUT2D eigenvalue weighted by molar-refractivity contribution is -0.144. The number of carbonyl (C=O) groups is 3. The van der Waals surface area contributed by atoms with Crippen molar-refractivity contribution >= 4 is 17.7 Å². The Morgan fingerprint density at radius 3 is 2.41 bits per heavy atom. The van der Waals surface area contributed by atoms with Gasteiger partial charge in [-0.05, 0) is 31.1 Å². The summed E-state index contributed by atoms with van der Waals surface area (Å²) in [6.45, 7) is 10.3. The Labute approximate surface area is 231 Å². The fraction of sp³-hybridized carbons (Fsp3) is 0.821. The number of carbonyl (C=O) groups excluding carboxylic acids is 3. The van der Waals surface area contributed by atoms with Crippen molar-refractivity contribution in [3.05, 3.63) is 11.9 Å². The molecule has 4 fully saturated rings. The lowest BCUT2D eigenvalue weighted by Crippen LogP contribution is -2.53. The highest BCUT2D eigenvalue weighted by molar-refractivity contribution is 5.90. The number of rotatable bonds is 8. The average molecular weight is 544 g/mol. The van der Waals surface area contributed by atoms with E-state index in [4.69, 9.17) is 0 Å². The first-order valence-corrected chi connectivity index (χ1v) is 14.8. The van der Waals surface area contributed by atoms with Crippen LogP contribution in [0.3, 0.4) is 0 Å². The molecule has 3 amide bonds. The third-order valence-corrected chi connectivity index (χ3v) is 8.82. The smallest absolute Gasteiger partial charge is 0.248 e. The number of aliphatic hydroxyl groups is 1. The van der Waals surface area contributed by atoms with Gasteiger partial charge in [0.15, 0.2) is 0 Å². The van der Waals surface area contributed by atoms with Crippen molar-refractivity contribution in [3.63, 3.8) is 0 Å². The van der Waals surface area contributed by atoms with E-state index in [0.29, 0.717) is 24.9 Å². The van der Waals surface area contributed by atoms with E-state index in [9.17, 15) is 19.5 Å². The van der Waals surface area contributed by atoms with Gasteiger partial charge in [-0.3, -0.25) is 19.3 Å². The number of likely N-dealkylation sites (tertiary alicyclic amines) is 1. The van der Waals surface area contributed by atoms with Crippen LogP contribution in [0.5, 0.6) is 0 Å². The number of hydrogen-bond acceptors (Lipinski definition) is 7. The molecule has 4 aliphatic rings. The Balaban J connectivity index is 1.14. The topological polar surface area (TPSA) is 124 Å². The predicted octanol–water partition coefficient (Wildman–Crippen LogP) is 1.16. The van der Waals surface area contributed by atoms with Gasteiger partial charge in [0.25, 0.3) is 0 Å². The quantitative estimate of drug-likeness (QED) is 0.504. The number of hydrogen-bond donors (Lipinski definition) is 2. The molecule has 0 bridgehead atoms. The molecule has 5 rings (SSSR count). The lowest BCUT2D eigenvalue weighted by Gasteiger charge is -2.36. The van der Waals surface area contributed by atoms with Crippen molar-refractivity contribution in [1.82, 2.24) is 35.0 Å². The summed E-state index contributed by atoms with van der Waals surface area (Å²) in [6.07, 6.45) is 7.92. The van der Waals surface area contributed by atoms with E-state index in [0.717, 1.165) is 70.4 Å². The molecule has 0 unspecified atom stereocenters. The molecule has 216 valence electrons. The summed E-state index contributed by atoms with van der Waals surface area (Å²) in [6, 6.07) is -1.34. The minimum atomic E-state index is -0.742. The van der Waals surface area contributed by atoms with E-state index in [2.05, 4.69) is 20.5 Å². The molecule has 1 aromatic rings. The van der Waals surface area contributed by atoms with Crippen molar-refractivity contribution in [3.8, 4) is 0 Å². The van der Waals surface area contributed by atoms with Crippen LogP contribution in [0.25, 0.3) is 0 Å². The fourth-order valence-electron chi connectivity index (χ4n) is 6.40. The molecule has 2 aliphatic carbocycles. The normalized spacial score (nSPS) is 25.7. The molecule has 11 heteroatoms. The monoisotopic (exact) mass is 543 g/mol. The Bertz CT molecular complexity index is 1030. The van der Waals surface area contributed by atoms with Crippen LogP contribution in [0.2, 0.25) is 0 Å². The van der Waals surface area contributed by atoms with E-state index in [1.165, 1.54) is 4.90 Å². The maximum Gasteiger partial charge on any atom is 0.248 e. The van der Waals surface area contributed by atoms with E-state index in [1.54, 1.807) is 4.68 Å². The molecule has 2 N–H and O–H groups in total. The average Bonchev–Trinajstić information content (AvgIpc) is 3.26. The summed E-state index contributed by atoms with van der Waals surface area (Å²) in [5.74, 6) is 0.505. The van der Waals surface area contributed by atoms with Crippen LogP contribution in [0.4, 0.5) is 0 Å². The van der Waals surface area contributed by atoms with Crippen LogP contribution >= 0.6 is 0 Å². The van der Waals surface area contributed by atoms with Crippen molar-refractivity contribution in [2.45, 2.75) is 89.8 Å². The molecule has 1 aromatic heterocycles. The fourth-order valence-corrected chi connectivity index (χ4v) is 6.40. The highest BCUT2D eigenvalue weighted by Gasteiger charge is 2.45. The molecule has 2 saturated carbocycles. The van der Waals surface area contributed by atoms with Gasteiger partial charge in [-0.2, -0.15) is 0 Å². The summed E-state index contributed by atoms with van der Waals surface area (Å²) < 4.78 is 1.65. The molecular formula is C28H45N7O4. The molecule has 2 saturated heterocycles. The van der Waals surface area contributed by atoms with Crippen LogP contribution < -0.4 is 5.32 Å². The zero-order valence-corrected chi connectivity index (χ0v) is 23.7. The minimum Gasteiger partial charge on any atom is -0.391 e. The Morgan fingerprint density at radius 2 is 1.77 bits per heavy atom. The Kier molecular flexibility index (Phi) is 8.28. The van der Waals surface area contributed by atoms with Crippen LogP contribution in [0.1, 0.15) is 83.4 Å². The van der Waals surface area contributed by atoms with Crippen LogP contribution in [0, 0.1) is 11.3 Å². The van der Waals surface area contributed by atoms with Gasteiger partial charge in [0.2, 0.25) is 17.7 Å². The van der Waals surface area contributed by atoms with Gasteiger partial charge in [-0.25, -0.2) is 4.68 Å². The SMILES string of the molecule is CC(C)(C)[C@@H](C(=O)N1C[C@H](O)C[C@H]1C(=O)NCCN1CCN(C(=O)C2CCCC2)CC1)n1cc(C2CC2)nn1. The summed E-state index contributed by atoms with van der Waals surface area (Å²) in [7, 11) is 0. The highest BCUT2D eigenvalue weighted by Crippen LogP contribution is 2.40. The van der Waals surface area contributed by atoms with Gasteiger partial charge in [0, 0.05) is 70.3 Å². The summed E-state index contributed by atoms with van der Waals surface area (Å²) >= 11 is 0. The third-order valence-electron chi connectivity index (χ3n) is 8.82. The van der Waals surface area contributed by atoms with Gasteiger partial charge in [0.05, 0.1) is 11.8 Å². The molecular weight excluding hydrogens is 498 g/mol. The maximum absolute atomic E-state index is 13.9. The largest absolute Gasteiger partial charge is 0.391 e. The first-order chi connectivity index (χ1) is 18.6. The van der Waals surface area contributed by atoms with Crippen LogP contribution in [-0.2, 0) is 14.4 Å². The van der Waals surface area contributed by atoms with Crippen molar-refractivity contribution in [2.75, 3.05) is 45.8 Å². The second-order valence-electron chi connectivity index (χ2n) is 13.0. The number of β-amino-alcohol motifs (C(OH)–C–C–N with tert-alkyl or cyclic N) is 1. The van der Waals surface area contributed by atoms with Crippen molar-refractivity contribution in [1.29, 1.82) is 0 Å². The number of aliphatic hydroxyl groups excluding tert-OH is 1. The predicted molar refractivity (Wildman–Crippen MR) is 145 cm³/mol. The minimum absolute atomic E-state index is 0.130. The van der Waals surface area contributed by atoms with E-state index < -0.39 is 23.6 Å². The number of nitrogens with zero attached hydrogens (tertiary/aromatic N) is 6. The van der Waals surface area contributed by atoms with Crippen molar-refractivity contribution < 1.29 is 19.5 Å². The standard InChI is InChI=1S/C28H45N7O4/c1-28(2,3)24(35-18-22(30-31-35)19-8-9-19)27(39)34-17-21(36)16-23(34)25(37)29-10-11-32-12-14-33(15-13-32)26(38)20-6-4-5-7-20/h18-21,23-24,36H,4-17H2,1-3H3,(H,29,37)/t21-,23+,24-/m1/s1. The number of aromatic nitrogens is 3. The molecule has 11 nitrogen and oxygen atoms in total. The molecule has 0 spiro atoms. The summed E-state index contributed by atoms with van der Waals surface area (Å²) in [5, 5.41) is 22.0. The van der Waals surface area contributed by atoms with E-state index >= 15 is 0 Å². The molecule has 3 heterocycles. The maximum atomic E-state index is 13.9. The van der Waals surface area contributed by atoms with Crippen molar-refractivity contribution in [2.24, 2.45) is 11.3 Å². The Hall–Kier alpha value is -2.53. The molecule has 2 aliphatic heterocycles. The first kappa shape index (κ1) is 28.0.